The average Bonchev–Trinajstić information content (AvgIpc) is 3.22. The first kappa shape index (κ1) is 15.7. The summed E-state index contributed by atoms with van der Waals surface area (Å²) in [6.07, 6.45) is 4.17. The van der Waals surface area contributed by atoms with Crippen molar-refractivity contribution in [3.8, 4) is 0 Å². The van der Waals surface area contributed by atoms with Crippen molar-refractivity contribution in [3.63, 3.8) is 0 Å². The second-order valence-electron chi connectivity index (χ2n) is 5.60. The molecule has 1 fully saturated rings. The van der Waals surface area contributed by atoms with Crippen LogP contribution in [-0.2, 0) is 10.0 Å². The molecule has 0 amide bonds. The molecule has 6 nitrogen and oxygen atoms in total. The van der Waals surface area contributed by atoms with Crippen molar-refractivity contribution in [2.24, 2.45) is 0 Å². The van der Waals surface area contributed by atoms with Crippen LogP contribution in [0.2, 0.25) is 0 Å². The van der Waals surface area contributed by atoms with Crippen molar-refractivity contribution < 1.29 is 22.1 Å². The van der Waals surface area contributed by atoms with E-state index >= 15 is 0 Å². The molecule has 1 aromatic carbocycles. The number of rotatable bonds is 5. The molecule has 1 aromatic heterocycles. The van der Waals surface area contributed by atoms with Crippen molar-refractivity contribution in [1.29, 1.82) is 0 Å². The van der Waals surface area contributed by atoms with E-state index in [1.54, 1.807) is 0 Å². The van der Waals surface area contributed by atoms with E-state index in [9.17, 15) is 17.6 Å². The molecule has 1 aliphatic rings. The Morgan fingerprint density at radius 3 is 2.61 bits per heavy atom. The molecule has 1 saturated carbocycles. The number of hydrogen-bond acceptors (Lipinski definition) is 5. The van der Waals surface area contributed by atoms with Gasteiger partial charge in [0.25, 0.3) is 0 Å². The molecule has 122 valence electrons. The van der Waals surface area contributed by atoms with Crippen molar-refractivity contribution in [1.82, 2.24) is 5.16 Å². The molecule has 23 heavy (non-hydrogen) atoms. The Morgan fingerprint density at radius 1 is 1.35 bits per heavy atom. The van der Waals surface area contributed by atoms with E-state index in [-0.39, 0.29) is 22.7 Å². The van der Waals surface area contributed by atoms with E-state index < -0.39 is 21.6 Å². The summed E-state index contributed by atoms with van der Waals surface area (Å²) in [6.45, 7) is 0. The van der Waals surface area contributed by atoms with E-state index in [2.05, 4.69) is 5.16 Å². The van der Waals surface area contributed by atoms with Gasteiger partial charge >= 0.3 is 0 Å². The van der Waals surface area contributed by atoms with Gasteiger partial charge in [-0.3, -0.25) is 9.10 Å². The van der Waals surface area contributed by atoms with Gasteiger partial charge in [0.05, 0.1) is 29.3 Å². The standard InChI is InChI=1S/C15H15FN2O4S/c1-18(23(2,20)21)10-5-6-11(13(16)7-10)14(19)12-8-17-22-15(12)9-3-4-9/h5-9H,3-4H2,1-2H3. The van der Waals surface area contributed by atoms with Crippen LogP contribution in [0.4, 0.5) is 10.1 Å². The molecule has 0 unspecified atom stereocenters. The first-order chi connectivity index (χ1) is 10.8. The lowest BCUT2D eigenvalue weighted by Gasteiger charge is -2.17. The number of carbonyl (C=O) groups excluding carboxylic acids is 1. The highest BCUT2D eigenvalue weighted by molar-refractivity contribution is 7.92. The van der Waals surface area contributed by atoms with Crippen molar-refractivity contribution in [3.05, 3.63) is 47.1 Å². The van der Waals surface area contributed by atoms with Gasteiger partial charge in [-0.05, 0) is 31.0 Å². The smallest absolute Gasteiger partial charge is 0.231 e. The highest BCUT2D eigenvalue weighted by atomic mass is 32.2. The summed E-state index contributed by atoms with van der Waals surface area (Å²) in [5.74, 6) is -0.632. The van der Waals surface area contributed by atoms with E-state index in [4.69, 9.17) is 4.52 Å². The molecule has 1 heterocycles. The lowest BCUT2D eigenvalue weighted by Crippen LogP contribution is -2.25. The van der Waals surface area contributed by atoms with Crippen LogP contribution in [0.15, 0.2) is 28.9 Å². The Kier molecular flexibility index (Phi) is 3.71. The monoisotopic (exact) mass is 338 g/mol. The summed E-state index contributed by atoms with van der Waals surface area (Å²) in [4.78, 5) is 12.5. The largest absolute Gasteiger partial charge is 0.360 e. The highest BCUT2D eigenvalue weighted by Gasteiger charge is 2.33. The number of hydrogen-bond donors (Lipinski definition) is 0. The fraction of sp³-hybridized carbons (Fsp3) is 0.333. The van der Waals surface area contributed by atoms with Crippen LogP contribution in [0.25, 0.3) is 0 Å². The normalized spacial score (nSPS) is 14.7. The van der Waals surface area contributed by atoms with Crippen molar-refractivity contribution >= 4 is 21.5 Å². The molecule has 0 radical (unpaired) electrons. The van der Waals surface area contributed by atoms with Gasteiger partial charge in [-0.25, -0.2) is 12.8 Å². The number of ketones is 1. The molecule has 0 atom stereocenters. The minimum Gasteiger partial charge on any atom is -0.360 e. The maximum atomic E-state index is 14.3. The molecular weight excluding hydrogens is 323 g/mol. The van der Waals surface area contributed by atoms with Crippen LogP contribution in [0.3, 0.4) is 0 Å². The zero-order valence-corrected chi connectivity index (χ0v) is 13.4. The summed E-state index contributed by atoms with van der Waals surface area (Å²) in [7, 11) is -2.19. The number of carbonyl (C=O) groups is 1. The Morgan fingerprint density at radius 2 is 2.04 bits per heavy atom. The Bertz CT molecular complexity index is 871. The maximum absolute atomic E-state index is 14.3. The second kappa shape index (κ2) is 5.45. The van der Waals surface area contributed by atoms with Gasteiger partial charge in [0.1, 0.15) is 5.82 Å². The molecule has 0 N–H and O–H groups in total. The van der Waals surface area contributed by atoms with Gasteiger partial charge < -0.3 is 4.52 Å². The van der Waals surface area contributed by atoms with Gasteiger partial charge in [0.2, 0.25) is 15.8 Å². The van der Waals surface area contributed by atoms with Crippen molar-refractivity contribution in [2.75, 3.05) is 17.6 Å². The predicted molar refractivity (Wildman–Crippen MR) is 81.6 cm³/mol. The highest BCUT2D eigenvalue weighted by Crippen LogP contribution is 2.42. The summed E-state index contributed by atoms with van der Waals surface area (Å²) in [5, 5.41) is 3.63. The third kappa shape index (κ3) is 2.98. The summed E-state index contributed by atoms with van der Waals surface area (Å²) >= 11 is 0. The summed E-state index contributed by atoms with van der Waals surface area (Å²) in [5.41, 5.74) is 0.269. The first-order valence-electron chi connectivity index (χ1n) is 7.01. The molecule has 0 spiro atoms. The topological polar surface area (TPSA) is 80.5 Å². The Labute approximate surface area is 132 Å². The van der Waals surface area contributed by atoms with Crippen LogP contribution >= 0.6 is 0 Å². The summed E-state index contributed by atoms with van der Waals surface area (Å²) in [6, 6.07) is 3.69. The lowest BCUT2D eigenvalue weighted by atomic mass is 10.0. The van der Waals surface area contributed by atoms with Gasteiger partial charge in [0.15, 0.2) is 5.76 Å². The SMILES string of the molecule is CN(c1ccc(C(=O)c2cnoc2C2CC2)c(F)c1)S(C)(=O)=O. The lowest BCUT2D eigenvalue weighted by molar-refractivity contribution is 0.103. The molecule has 0 bridgehead atoms. The van der Waals surface area contributed by atoms with E-state index in [1.165, 1.54) is 25.4 Å². The number of sulfonamides is 1. The van der Waals surface area contributed by atoms with Crippen LogP contribution in [-0.4, -0.2) is 32.7 Å². The number of anilines is 1. The third-order valence-corrected chi connectivity index (χ3v) is 5.06. The zero-order chi connectivity index (χ0) is 16.8. The molecule has 0 saturated heterocycles. The quantitative estimate of drug-likeness (QED) is 0.782. The van der Waals surface area contributed by atoms with Gasteiger partial charge in [-0.15, -0.1) is 0 Å². The minimum absolute atomic E-state index is 0.138. The third-order valence-electron chi connectivity index (χ3n) is 3.85. The van der Waals surface area contributed by atoms with Crippen molar-refractivity contribution in [2.45, 2.75) is 18.8 Å². The van der Waals surface area contributed by atoms with Gasteiger partial charge in [-0.2, -0.15) is 0 Å². The summed E-state index contributed by atoms with van der Waals surface area (Å²) < 4.78 is 43.3. The molecular formula is C15H15FN2O4S. The second-order valence-corrected chi connectivity index (χ2v) is 7.62. The molecule has 1 aliphatic carbocycles. The van der Waals surface area contributed by atoms with Gasteiger partial charge in [-0.1, -0.05) is 5.16 Å². The van der Waals surface area contributed by atoms with E-state index in [0.717, 1.165) is 29.5 Å². The van der Waals surface area contributed by atoms with Gasteiger partial charge in [0, 0.05) is 13.0 Å². The van der Waals surface area contributed by atoms with E-state index in [0.29, 0.717) is 5.76 Å². The zero-order valence-electron chi connectivity index (χ0n) is 12.6. The Hall–Kier alpha value is -2.22. The van der Waals surface area contributed by atoms with Crippen LogP contribution in [0.5, 0.6) is 0 Å². The fourth-order valence-electron chi connectivity index (χ4n) is 2.28. The molecule has 2 aromatic rings. The molecule has 0 aliphatic heterocycles. The fourth-order valence-corrected chi connectivity index (χ4v) is 2.78. The van der Waals surface area contributed by atoms with Crippen LogP contribution < -0.4 is 4.31 Å². The minimum atomic E-state index is -3.50. The first-order valence-corrected chi connectivity index (χ1v) is 8.86. The number of benzene rings is 1. The number of halogens is 1. The van der Waals surface area contributed by atoms with E-state index in [1.807, 2.05) is 0 Å². The maximum Gasteiger partial charge on any atom is 0.231 e. The van der Waals surface area contributed by atoms with Crippen LogP contribution in [0, 0.1) is 5.82 Å². The number of nitrogens with zero attached hydrogens (tertiary/aromatic N) is 2. The van der Waals surface area contributed by atoms with Crippen LogP contribution in [0.1, 0.15) is 40.4 Å². The number of aromatic nitrogens is 1. The predicted octanol–water partition coefficient (Wildman–Crippen LogP) is 2.32. The average molecular weight is 338 g/mol. The molecule has 3 rings (SSSR count). The molecule has 8 heteroatoms. The Balaban J connectivity index is 1.94.